The largest absolute Gasteiger partial charge is 0.382 e. The number of imidazole rings is 1. The lowest BCUT2D eigenvalue weighted by atomic mass is 9.95. The highest BCUT2D eigenvalue weighted by molar-refractivity contribution is 7.91. The van der Waals surface area contributed by atoms with Crippen LogP contribution in [0, 0.1) is 0 Å². The van der Waals surface area contributed by atoms with Gasteiger partial charge >= 0.3 is 0 Å². The molecule has 0 fully saturated rings. The molecule has 0 saturated heterocycles. The predicted molar refractivity (Wildman–Crippen MR) is 106 cm³/mol. The summed E-state index contributed by atoms with van der Waals surface area (Å²) in [5.74, 6) is 1.95. The number of anilines is 1. The Morgan fingerprint density at radius 1 is 1.12 bits per heavy atom. The van der Waals surface area contributed by atoms with Gasteiger partial charge in [0.25, 0.3) is 0 Å². The van der Waals surface area contributed by atoms with Crippen molar-refractivity contribution in [2.75, 3.05) is 17.2 Å². The normalized spacial score (nSPS) is 14.7. The molecule has 3 rings (SSSR count). The fourth-order valence-corrected chi connectivity index (χ4v) is 4.66. The molecule has 144 valence electrons. The molecule has 0 aromatic carbocycles. The van der Waals surface area contributed by atoms with Crippen molar-refractivity contribution in [3.05, 3.63) is 17.1 Å². The lowest BCUT2D eigenvalue weighted by Gasteiger charge is -2.18. The summed E-state index contributed by atoms with van der Waals surface area (Å²) in [6.45, 7) is 4.54. The lowest BCUT2D eigenvalue weighted by Crippen LogP contribution is -2.14. The SMILES string of the molecule is CCCCc1nc2c(N)nc3c(c2n1CCCS(=O)(=O)CC)CCCC3. The van der Waals surface area contributed by atoms with Crippen molar-refractivity contribution in [3.63, 3.8) is 0 Å². The summed E-state index contributed by atoms with van der Waals surface area (Å²) in [5.41, 5.74) is 10.5. The molecule has 0 amide bonds. The maximum Gasteiger partial charge on any atom is 0.151 e. The van der Waals surface area contributed by atoms with Crippen LogP contribution in [0.2, 0.25) is 0 Å². The van der Waals surface area contributed by atoms with E-state index in [1.165, 1.54) is 5.56 Å². The van der Waals surface area contributed by atoms with Gasteiger partial charge in [-0.15, -0.1) is 0 Å². The predicted octanol–water partition coefficient (Wildman–Crippen LogP) is 3.06. The second-order valence-electron chi connectivity index (χ2n) is 7.20. The summed E-state index contributed by atoms with van der Waals surface area (Å²) in [5, 5.41) is 0. The van der Waals surface area contributed by atoms with Gasteiger partial charge in [-0.25, -0.2) is 18.4 Å². The smallest absolute Gasteiger partial charge is 0.151 e. The Bertz CT molecular complexity index is 887. The third kappa shape index (κ3) is 3.87. The van der Waals surface area contributed by atoms with Crippen LogP contribution in [0.5, 0.6) is 0 Å². The van der Waals surface area contributed by atoms with Crippen LogP contribution in [0.15, 0.2) is 0 Å². The van der Waals surface area contributed by atoms with E-state index in [1.54, 1.807) is 6.92 Å². The van der Waals surface area contributed by atoms with Gasteiger partial charge in [-0.1, -0.05) is 20.3 Å². The Labute approximate surface area is 156 Å². The summed E-state index contributed by atoms with van der Waals surface area (Å²) in [6, 6.07) is 0. The van der Waals surface area contributed by atoms with Crippen LogP contribution in [0.4, 0.5) is 5.82 Å². The minimum atomic E-state index is -2.95. The second-order valence-corrected chi connectivity index (χ2v) is 9.67. The zero-order valence-corrected chi connectivity index (χ0v) is 16.7. The van der Waals surface area contributed by atoms with Gasteiger partial charge < -0.3 is 10.3 Å². The van der Waals surface area contributed by atoms with E-state index in [0.29, 0.717) is 18.8 Å². The molecule has 2 N–H and O–H groups in total. The van der Waals surface area contributed by atoms with Crippen LogP contribution in [0.1, 0.15) is 63.0 Å². The van der Waals surface area contributed by atoms with E-state index in [-0.39, 0.29) is 11.5 Å². The van der Waals surface area contributed by atoms with Crippen LogP contribution in [0.3, 0.4) is 0 Å². The molecular weight excluding hydrogens is 348 g/mol. The quantitative estimate of drug-likeness (QED) is 0.762. The zero-order valence-electron chi connectivity index (χ0n) is 15.9. The molecule has 0 saturated carbocycles. The molecule has 0 radical (unpaired) electrons. The molecule has 0 spiro atoms. The van der Waals surface area contributed by atoms with Crippen LogP contribution >= 0.6 is 0 Å². The van der Waals surface area contributed by atoms with E-state index in [1.807, 2.05) is 0 Å². The summed E-state index contributed by atoms with van der Waals surface area (Å²) in [6.07, 6.45) is 7.94. The first-order chi connectivity index (χ1) is 12.5. The number of unbranched alkanes of at least 4 members (excludes halogenated alkanes) is 1. The number of fused-ring (bicyclic) bond motifs is 3. The van der Waals surface area contributed by atoms with Crippen molar-refractivity contribution in [2.45, 2.75) is 71.8 Å². The van der Waals surface area contributed by atoms with Crippen molar-refractivity contribution in [1.29, 1.82) is 0 Å². The zero-order chi connectivity index (χ0) is 18.7. The molecule has 2 heterocycles. The van der Waals surface area contributed by atoms with Crippen LogP contribution in [-0.4, -0.2) is 34.5 Å². The van der Waals surface area contributed by atoms with Crippen molar-refractivity contribution in [1.82, 2.24) is 14.5 Å². The minimum Gasteiger partial charge on any atom is -0.382 e. The van der Waals surface area contributed by atoms with Gasteiger partial charge in [-0.2, -0.15) is 0 Å². The molecule has 26 heavy (non-hydrogen) atoms. The number of nitrogens with zero attached hydrogens (tertiary/aromatic N) is 3. The molecule has 7 heteroatoms. The maximum atomic E-state index is 11.9. The fraction of sp³-hybridized carbons (Fsp3) is 0.684. The van der Waals surface area contributed by atoms with E-state index >= 15 is 0 Å². The number of sulfone groups is 1. The van der Waals surface area contributed by atoms with Gasteiger partial charge in [0.15, 0.2) is 5.82 Å². The van der Waals surface area contributed by atoms with Crippen LogP contribution < -0.4 is 5.73 Å². The average molecular weight is 379 g/mol. The second kappa shape index (κ2) is 7.94. The summed E-state index contributed by atoms with van der Waals surface area (Å²) in [7, 11) is -2.95. The highest BCUT2D eigenvalue weighted by Crippen LogP contribution is 2.32. The number of rotatable bonds is 8. The van der Waals surface area contributed by atoms with Gasteiger partial charge in [-0.3, -0.25) is 0 Å². The Morgan fingerprint density at radius 3 is 2.62 bits per heavy atom. The number of nitrogen functional groups attached to an aromatic ring is 1. The van der Waals surface area contributed by atoms with Gasteiger partial charge in [-0.05, 0) is 44.1 Å². The maximum absolute atomic E-state index is 11.9. The lowest BCUT2D eigenvalue weighted by molar-refractivity contribution is 0.583. The third-order valence-electron chi connectivity index (χ3n) is 5.30. The first-order valence-electron chi connectivity index (χ1n) is 9.83. The Kier molecular flexibility index (Phi) is 5.85. The summed E-state index contributed by atoms with van der Waals surface area (Å²) < 4.78 is 26.0. The van der Waals surface area contributed by atoms with Gasteiger partial charge in [0, 0.05) is 24.4 Å². The van der Waals surface area contributed by atoms with Crippen molar-refractivity contribution in [2.24, 2.45) is 0 Å². The first-order valence-corrected chi connectivity index (χ1v) is 11.7. The molecule has 1 aliphatic rings. The molecule has 1 aliphatic carbocycles. The van der Waals surface area contributed by atoms with Gasteiger partial charge in [0.1, 0.15) is 21.2 Å². The van der Waals surface area contributed by atoms with E-state index < -0.39 is 9.84 Å². The number of hydrogen-bond acceptors (Lipinski definition) is 5. The van der Waals surface area contributed by atoms with Crippen molar-refractivity contribution >= 4 is 26.7 Å². The summed E-state index contributed by atoms with van der Waals surface area (Å²) >= 11 is 0. The number of nitrogens with two attached hydrogens (primary N) is 1. The number of pyridine rings is 1. The van der Waals surface area contributed by atoms with Gasteiger partial charge in [0.2, 0.25) is 0 Å². The third-order valence-corrected chi connectivity index (χ3v) is 7.09. The summed E-state index contributed by atoms with van der Waals surface area (Å²) in [4.78, 5) is 9.43. The molecule has 0 atom stereocenters. The van der Waals surface area contributed by atoms with Crippen LogP contribution in [-0.2, 0) is 35.6 Å². The Morgan fingerprint density at radius 2 is 1.88 bits per heavy atom. The standard InChI is InChI=1S/C19H30N4O2S/c1-3-5-11-16-22-17-18(23(16)12-8-13-26(24,25)4-2)14-9-6-7-10-15(14)21-19(17)20/h3-13H2,1-2H3,(H2,20,21). The highest BCUT2D eigenvalue weighted by Gasteiger charge is 2.22. The molecule has 0 aliphatic heterocycles. The molecule has 0 bridgehead atoms. The van der Waals surface area contributed by atoms with Crippen molar-refractivity contribution < 1.29 is 8.42 Å². The average Bonchev–Trinajstić information content (AvgIpc) is 2.99. The van der Waals surface area contributed by atoms with E-state index in [2.05, 4.69) is 16.5 Å². The number of aromatic nitrogens is 3. The monoisotopic (exact) mass is 378 g/mol. The fourth-order valence-electron chi connectivity index (χ4n) is 3.80. The number of hydrogen-bond donors (Lipinski definition) is 1. The molecule has 6 nitrogen and oxygen atoms in total. The molecule has 0 unspecified atom stereocenters. The Hall–Kier alpha value is -1.63. The molecule has 2 aromatic heterocycles. The first kappa shape index (κ1) is 19.1. The van der Waals surface area contributed by atoms with E-state index in [0.717, 1.165) is 67.5 Å². The van der Waals surface area contributed by atoms with E-state index in [4.69, 9.17) is 10.7 Å². The van der Waals surface area contributed by atoms with Gasteiger partial charge in [0.05, 0.1) is 11.3 Å². The topological polar surface area (TPSA) is 90.9 Å². The Balaban J connectivity index is 2.03. The van der Waals surface area contributed by atoms with Crippen LogP contribution in [0.25, 0.3) is 11.0 Å². The molecular formula is C19H30N4O2S. The van der Waals surface area contributed by atoms with Crippen molar-refractivity contribution in [3.8, 4) is 0 Å². The number of aryl methyl sites for hydroxylation is 4. The highest BCUT2D eigenvalue weighted by atomic mass is 32.2. The van der Waals surface area contributed by atoms with E-state index in [9.17, 15) is 8.42 Å². The minimum absolute atomic E-state index is 0.201. The molecule has 2 aromatic rings.